The third kappa shape index (κ3) is 3.09. The molecular formula is C12H9BrClN3O4S2. The number of fused-ring (bicyclic) bond motifs is 1. The Kier molecular flexibility index (Phi) is 4.36. The van der Waals surface area contributed by atoms with Gasteiger partial charge in [0.2, 0.25) is 10.0 Å². The third-order valence-electron chi connectivity index (χ3n) is 3.04. The number of H-pyrrole nitrogens is 1. The molecule has 0 bridgehead atoms. The summed E-state index contributed by atoms with van der Waals surface area (Å²) in [6, 6.07) is 0.947. The molecule has 0 aliphatic heterocycles. The van der Waals surface area contributed by atoms with Gasteiger partial charge in [0.25, 0.3) is 0 Å². The molecule has 2 N–H and O–H groups in total. The van der Waals surface area contributed by atoms with Crippen LogP contribution in [0.3, 0.4) is 0 Å². The quantitative estimate of drug-likeness (QED) is 0.651. The van der Waals surface area contributed by atoms with Crippen molar-refractivity contribution in [1.29, 1.82) is 0 Å². The van der Waals surface area contributed by atoms with Gasteiger partial charge >= 0.3 is 5.76 Å². The van der Waals surface area contributed by atoms with E-state index < -0.39 is 21.8 Å². The Morgan fingerprint density at radius 3 is 2.91 bits per heavy atom. The van der Waals surface area contributed by atoms with Crippen molar-refractivity contribution in [2.45, 2.75) is 17.9 Å². The van der Waals surface area contributed by atoms with Gasteiger partial charge in [0.1, 0.15) is 9.92 Å². The molecule has 11 heteroatoms. The molecule has 0 spiro atoms. The van der Waals surface area contributed by atoms with Crippen LogP contribution in [0.15, 0.2) is 36.4 Å². The molecule has 0 aliphatic carbocycles. The molecule has 3 aromatic rings. The largest absolute Gasteiger partial charge is 0.417 e. The summed E-state index contributed by atoms with van der Waals surface area (Å²) in [7, 11) is -3.95. The zero-order chi connectivity index (χ0) is 16.8. The Labute approximate surface area is 147 Å². The van der Waals surface area contributed by atoms with Crippen LogP contribution in [-0.2, 0) is 10.0 Å². The molecule has 23 heavy (non-hydrogen) atoms. The maximum atomic E-state index is 12.7. The van der Waals surface area contributed by atoms with Crippen molar-refractivity contribution in [2.75, 3.05) is 0 Å². The summed E-state index contributed by atoms with van der Waals surface area (Å²) in [5.74, 6) is -0.714. The Bertz CT molecular complexity index is 1030. The van der Waals surface area contributed by atoms with E-state index in [1.165, 1.54) is 17.4 Å². The van der Waals surface area contributed by atoms with Crippen molar-refractivity contribution in [3.63, 3.8) is 0 Å². The van der Waals surface area contributed by atoms with E-state index >= 15 is 0 Å². The van der Waals surface area contributed by atoms with Crippen LogP contribution in [0, 0.1) is 0 Å². The second-order valence-corrected chi connectivity index (χ2v) is 8.44. The summed E-state index contributed by atoms with van der Waals surface area (Å²) in [6.45, 7) is 1.70. The molecule has 0 fully saturated rings. The number of rotatable bonds is 4. The van der Waals surface area contributed by atoms with E-state index in [1.807, 2.05) is 0 Å². The van der Waals surface area contributed by atoms with Gasteiger partial charge in [-0.2, -0.15) is 0 Å². The Balaban J connectivity index is 2.09. The molecule has 0 saturated heterocycles. The first-order valence-corrected chi connectivity index (χ1v) is 9.74. The van der Waals surface area contributed by atoms with Gasteiger partial charge in [0.15, 0.2) is 5.58 Å². The molecule has 122 valence electrons. The van der Waals surface area contributed by atoms with Gasteiger partial charge < -0.3 is 4.42 Å². The SMILES string of the molecule is C[C@H](NS(=O)(=O)c1c(Br)cc2[nH]c(=O)oc2c1Cl)c1cncs1. The molecule has 0 amide bonds. The van der Waals surface area contributed by atoms with E-state index in [9.17, 15) is 13.2 Å². The number of halogens is 2. The lowest BCUT2D eigenvalue weighted by Gasteiger charge is -2.14. The lowest BCUT2D eigenvalue weighted by atomic mass is 10.3. The van der Waals surface area contributed by atoms with Crippen molar-refractivity contribution in [3.8, 4) is 0 Å². The molecule has 1 atom stereocenters. The zero-order valence-corrected chi connectivity index (χ0v) is 15.4. The van der Waals surface area contributed by atoms with Crippen LogP contribution in [-0.4, -0.2) is 18.4 Å². The lowest BCUT2D eigenvalue weighted by molar-refractivity contribution is 0.552. The summed E-state index contributed by atoms with van der Waals surface area (Å²) < 4.78 is 33.0. The van der Waals surface area contributed by atoms with Crippen molar-refractivity contribution in [2.24, 2.45) is 0 Å². The normalized spacial score (nSPS) is 13.5. The molecule has 0 saturated carbocycles. The number of nitrogens with one attached hydrogen (secondary N) is 2. The van der Waals surface area contributed by atoms with Gasteiger partial charge in [-0.3, -0.25) is 9.97 Å². The van der Waals surface area contributed by atoms with E-state index in [0.29, 0.717) is 5.52 Å². The summed E-state index contributed by atoms with van der Waals surface area (Å²) in [4.78, 5) is 18.2. The molecule has 7 nitrogen and oxygen atoms in total. The van der Waals surface area contributed by atoms with Crippen molar-refractivity contribution < 1.29 is 12.8 Å². The maximum Gasteiger partial charge on any atom is 0.417 e. The highest BCUT2D eigenvalue weighted by atomic mass is 79.9. The van der Waals surface area contributed by atoms with Crippen LogP contribution in [0.5, 0.6) is 0 Å². The number of nitrogens with zero attached hydrogens (tertiary/aromatic N) is 1. The van der Waals surface area contributed by atoms with Crippen LogP contribution in [0.2, 0.25) is 5.02 Å². The summed E-state index contributed by atoms with van der Waals surface area (Å²) in [6.07, 6.45) is 1.59. The molecule has 0 radical (unpaired) electrons. The number of benzene rings is 1. The molecular weight excluding hydrogens is 430 g/mol. The van der Waals surface area contributed by atoms with Gasteiger partial charge in [-0.15, -0.1) is 11.3 Å². The van der Waals surface area contributed by atoms with Crippen LogP contribution in [0.4, 0.5) is 0 Å². The van der Waals surface area contributed by atoms with Gasteiger partial charge in [-0.05, 0) is 28.9 Å². The number of thiazole rings is 1. The summed E-state index contributed by atoms with van der Waals surface area (Å²) in [5, 5.41) is -0.170. The van der Waals surface area contributed by atoms with Gasteiger partial charge in [-0.1, -0.05) is 11.6 Å². The average molecular weight is 439 g/mol. The molecule has 2 aromatic heterocycles. The van der Waals surface area contributed by atoms with E-state index in [0.717, 1.165) is 4.88 Å². The maximum absolute atomic E-state index is 12.7. The highest BCUT2D eigenvalue weighted by Crippen LogP contribution is 2.36. The topological polar surface area (TPSA) is 105 Å². The monoisotopic (exact) mass is 437 g/mol. The van der Waals surface area contributed by atoms with Crippen LogP contribution >= 0.6 is 38.9 Å². The Morgan fingerprint density at radius 1 is 1.52 bits per heavy atom. The Hall–Kier alpha value is -1.20. The third-order valence-corrected chi connectivity index (χ3v) is 6.99. The first-order valence-electron chi connectivity index (χ1n) is 6.21. The predicted octanol–water partition coefficient (Wildman–Crippen LogP) is 3.03. The number of oxazole rings is 1. The second-order valence-electron chi connectivity index (χ2n) is 4.64. The molecule has 0 aliphatic rings. The highest BCUT2D eigenvalue weighted by Gasteiger charge is 2.27. The fourth-order valence-electron chi connectivity index (χ4n) is 2.04. The van der Waals surface area contributed by atoms with Crippen LogP contribution < -0.4 is 10.5 Å². The lowest BCUT2D eigenvalue weighted by Crippen LogP contribution is -2.27. The molecule has 1 aromatic carbocycles. The van der Waals surface area contributed by atoms with Crippen molar-refractivity contribution >= 4 is 60.0 Å². The minimum atomic E-state index is -3.95. The number of aromatic amines is 1. The fraction of sp³-hybridized carbons (Fsp3) is 0.167. The predicted molar refractivity (Wildman–Crippen MR) is 90.4 cm³/mol. The standard InChI is InChI=1S/C12H9BrClN3O4S2/c1-5(8-3-15-4-22-8)17-23(19,20)11-6(13)2-7-10(9(11)14)21-12(18)16-7/h2-5,17H,1H3,(H,16,18)/t5-/m0/s1. The van der Waals surface area contributed by atoms with Crippen molar-refractivity contribution in [3.05, 3.63) is 42.7 Å². The van der Waals surface area contributed by atoms with Crippen LogP contribution in [0.1, 0.15) is 17.8 Å². The smallest absolute Gasteiger partial charge is 0.406 e. The fourth-order valence-corrected chi connectivity index (χ4v) is 5.83. The van der Waals surface area contributed by atoms with E-state index in [1.54, 1.807) is 18.6 Å². The minimum Gasteiger partial charge on any atom is -0.406 e. The summed E-state index contributed by atoms with van der Waals surface area (Å²) >= 11 is 10.7. The minimum absolute atomic E-state index is 0.00862. The zero-order valence-electron chi connectivity index (χ0n) is 11.5. The number of hydrogen-bond donors (Lipinski definition) is 2. The first-order chi connectivity index (χ1) is 10.8. The van der Waals surface area contributed by atoms with E-state index in [2.05, 4.69) is 30.6 Å². The molecule has 3 rings (SSSR count). The van der Waals surface area contributed by atoms with Crippen molar-refractivity contribution in [1.82, 2.24) is 14.7 Å². The first kappa shape index (κ1) is 16.7. The highest BCUT2D eigenvalue weighted by molar-refractivity contribution is 9.10. The van der Waals surface area contributed by atoms with Gasteiger partial charge in [0.05, 0.1) is 17.1 Å². The molecule has 2 heterocycles. The number of aromatic nitrogens is 2. The van der Waals surface area contributed by atoms with Crippen LogP contribution in [0.25, 0.3) is 11.1 Å². The van der Waals surface area contributed by atoms with E-state index in [-0.39, 0.29) is 20.0 Å². The Morgan fingerprint density at radius 2 is 2.26 bits per heavy atom. The van der Waals surface area contributed by atoms with Gasteiger partial charge in [0, 0.05) is 15.5 Å². The number of sulfonamides is 1. The van der Waals surface area contributed by atoms with Gasteiger partial charge in [-0.25, -0.2) is 17.9 Å². The summed E-state index contributed by atoms with van der Waals surface area (Å²) in [5.41, 5.74) is 1.91. The van der Waals surface area contributed by atoms with E-state index in [4.69, 9.17) is 16.0 Å². The average Bonchev–Trinajstić information content (AvgIpc) is 3.06. The molecule has 0 unspecified atom stereocenters. The second kappa shape index (κ2) is 6.02. The number of hydrogen-bond acceptors (Lipinski definition) is 6.